The monoisotopic (exact) mass is 244 g/mol. The molecule has 1 heterocycles. The van der Waals surface area contributed by atoms with Gasteiger partial charge in [-0.15, -0.1) is 0 Å². The molecular weight excluding hydrogens is 224 g/mol. The number of nitrogens with one attached hydrogen (secondary N) is 1. The lowest BCUT2D eigenvalue weighted by Crippen LogP contribution is -2.44. The highest BCUT2D eigenvalue weighted by molar-refractivity contribution is 7.91. The topological polar surface area (TPSA) is 70.0 Å². The molecule has 16 heavy (non-hydrogen) atoms. The van der Waals surface area contributed by atoms with Crippen LogP contribution in [0, 0.1) is 16.7 Å². The van der Waals surface area contributed by atoms with Crippen LogP contribution in [0.3, 0.4) is 0 Å². The van der Waals surface area contributed by atoms with Crippen LogP contribution in [-0.4, -0.2) is 32.0 Å². The fourth-order valence-electron chi connectivity index (χ4n) is 1.88. The first kappa shape index (κ1) is 13.5. The molecule has 0 aliphatic carbocycles. The minimum Gasteiger partial charge on any atom is -0.310 e. The van der Waals surface area contributed by atoms with Crippen molar-refractivity contribution in [3.05, 3.63) is 0 Å². The Labute approximate surface area is 98.0 Å². The van der Waals surface area contributed by atoms with E-state index in [0.29, 0.717) is 13.0 Å². The average Bonchev–Trinajstić information content (AvgIpc) is 2.41. The number of rotatable bonds is 4. The Morgan fingerprint density at radius 3 is 2.56 bits per heavy atom. The predicted molar refractivity (Wildman–Crippen MR) is 63.7 cm³/mol. The average molecular weight is 244 g/mol. The van der Waals surface area contributed by atoms with Crippen LogP contribution in [0.25, 0.3) is 0 Å². The van der Waals surface area contributed by atoms with E-state index in [2.05, 4.69) is 11.4 Å². The van der Waals surface area contributed by atoms with Crippen molar-refractivity contribution in [1.29, 1.82) is 5.26 Å². The lowest BCUT2D eigenvalue weighted by atomic mass is 9.91. The molecule has 0 saturated carbocycles. The molecule has 0 aromatic heterocycles. The van der Waals surface area contributed by atoms with E-state index < -0.39 is 9.84 Å². The fourth-order valence-corrected chi connectivity index (χ4v) is 4.01. The van der Waals surface area contributed by atoms with Crippen molar-refractivity contribution in [2.45, 2.75) is 39.2 Å². The molecule has 1 atom stereocenters. The van der Waals surface area contributed by atoms with Crippen LogP contribution in [0.5, 0.6) is 0 Å². The van der Waals surface area contributed by atoms with E-state index in [-0.39, 0.29) is 22.5 Å². The smallest absolute Gasteiger partial charge is 0.152 e. The van der Waals surface area contributed by atoms with E-state index in [1.54, 1.807) is 0 Å². The molecule has 1 aliphatic heterocycles. The van der Waals surface area contributed by atoms with Crippen LogP contribution in [0.4, 0.5) is 0 Å². The molecule has 1 saturated heterocycles. The Hall–Kier alpha value is -0.600. The molecule has 1 fully saturated rings. The number of nitriles is 1. The molecule has 1 rings (SSSR count). The normalized spacial score (nSPS) is 28.9. The van der Waals surface area contributed by atoms with Crippen molar-refractivity contribution in [3.63, 3.8) is 0 Å². The van der Waals surface area contributed by atoms with Crippen LogP contribution in [0.15, 0.2) is 0 Å². The van der Waals surface area contributed by atoms with E-state index in [1.165, 1.54) is 0 Å². The second-order valence-corrected chi connectivity index (χ2v) is 7.76. The first-order valence-corrected chi connectivity index (χ1v) is 7.37. The Balaban J connectivity index is 2.43. The van der Waals surface area contributed by atoms with Gasteiger partial charge in [-0.3, -0.25) is 0 Å². The SMILES string of the molecule is CC(C)(C#N)CCNC1(C)CCS(=O)(=O)C1. The third-order valence-electron chi connectivity index (χ3n) is 3.11. The molecule has 0 spiro atoms. The maximum absolute atomic E-state index is 11.4. The molecule has 0 aromatic rings. The summed E-state index contributed by atoms with van der Waals surface area (Å²) >= 11 is 0. The van der Waals surface area contributed by atoms with Crippen LogP contribution >= 0.6 is 0 Å². The molecule has 0 aromatic carbocycles. The highest BCUT2D eigenvalue weighted by Gasteiger charge is 2.37. The summed E-state index contributed by atoms with van der Waals surface area (Å²) in [4.78, 5) is 0. The van der Waals surface area contributed by atoms with Gasteiger partial charge in [-0.1, -0.05) is 0 Å². The lowest BCUT2D eigenvalue weighted by Gasteiger charge is -2.25. The van der Waals surface area contributed by atoms with Gasteiger partial charge in [-0.05, 0) is 40.2 Å². The molecule has 5 heteroatoms. The predicted octanol–water partition coefficient (Wildman–Crippen LogP) is 1.09. The molecule has 0 amide bonds. The third kappa shape index (κ3) is 3.76. The Morgan fingerprint density at radius 1 is 1.50 bits per heavy atom. The van der Waals surface area contributed by atoms with E-state index in [1.807, 2.05) is 20.8 Å². The molecule has 0 bridgehead atoms. The van der Waals surface area contributed by atoms with Crippen LogP contribution < -0.4 is 5.32 Å². The first-order chi connectivity index (χ1) is 7.18. The van der Waals surface area contributed by atoms with E-state index in [0.717, 1.165) is 6.42 Å². The molecule has 4 nitrogen and oxygen atoms in total. The summed E-state index contributed by atoms with van der Waals surface area (Å²) < 4.78 is 22.7. The zero-order valence-electron chi connectivity index (χ0n) is 10.2. The number of hydrogen-bond donors (Lipinski definition) is 1. The van der Waals surface area contributed by atoms with Crippen LogP contribution in [0.1, 0.15) is 33.6 Å². The lowest BCUT2D eigenvalue weighted by molar-refractivity contribution is 0.353. The molecule has 92 valence electrons. The first-order valence-electron chi connectivity index (χ1n) is 5.55. The third-order valence-corrected chi connectivity index (χ3v) is 5.01. The van der Waals surface area contributed by atoms with Gasteiger partial charge in [0.15, 0.2) is 9.84 Å². The fraction of sp³-hybridized carbons (Fsp3) is 0.909. The minimum atomic E-state index is -2.85. The van der Waals surface area contributed by atoms with Crippen molar-refractivity contribution in [2.75, 3.05) is 18.1 Å². The molecule has 1 aliphatic rings. The summed E-state index contributed by atoms with van der Waals surface area (Å²) in [5.41, 5.74) is -0.648. The summed E-state index contributed by atoms with van der Waals surface area (Å²) in [6, 6.07) is 2.24. The summed E-state index contributed by atoms with van der Waals surface area (Å²) in [6.45, 7) is 6.41. The van der Waals surface area contributed by atoms with Gasteiger partial charge in [0.1, 0.15) is 0 Å². The van der Waals surface area contributed by atoms with Gasteiger partial charge in [-0.2, -0.15) is 5.26 Å². The molecule has 0 radical (unpaired) electrons. The maximum atomic E-state index is 11.4. The van der Waals surface area contributed by atoms with Crippen molar-refractivity contribution in [3.8, 4) is 6.07 Å². The van der Waals surface area contributed by atoms with Gasteiger partial charge < -0.3 is 5.32 Å². The second-order valence-electron chi connectivity index (χ2n) is 5.58. The summed E-state index contributed by atoms with van der Waals surface area (Å²) in [5, 5.41) is 12.1. The quantitative estimate of drug-likeness (QED) is 0.803. The maximum Gasteiger partial charge on any atom is 0.152 e. The zero-order valence-corrected chi connectivity index (χ0v) is 11.0. The standard InChI is InChI=1S/C11H20N2O2S/c1-10(2,8-12)4-6-13-11(3)5-7-16(14,15)9-11/h13H,4-7,9H2,1-3H3. The highest BCUT2D eigenvalue weighted by Crippen LogP contribution is 2.24. The minimum absolute atomic E-state index is 0.215. The van der Waals surface area contributed by atoms with Crippen molar-refractivity contribution in [2.24, 2.45) is 5.41 Å². The van der Waals surface area contributed by atoms with Crippen LogP contribution in [0.2, 0.25) is 0 Å². The van der Waals surface area contributed by atoms with Gasteiger partial charge >= 0.3 is 0 Å². The van der Waals surface area contributed by atoms with Crippen molar-refractivity contribution in [1.82, 2.24) is 5.32 Å². The second kappa shape index (κ2) is 4.34. The summed E-state index contributed by atoms with van der Waals surface area (Å²) in [5.74, 6) is 0.491. The largest absolute Gasteiger partial charge is 0.310 e. The number of sulfone groups is 1. The molecule has 1 N–H and O–H groups in total. The van der Waals surface area contributed by atoms with Gasteiger partial charge in [0, 0.05) is 5.54 Å². The summed E-state index contributed by atoms with van der Waals surface area (Å²) in [6.07, 6.45) is 1.40. The van der Waals surface area contributed by atoms with Gasteiger partial charge in [0.25, 0.3) is 0 Å². The Kier molecular flexibility index (Phi) is 3.65. The number of nitrogens with zero attached hydrogens (tertiary/aromatic N) is 1. The Morgan fingerprint density at radius 2 is 2.12 bits per heavy atom. The van der Waals surface area contributed by atoms with Crippen LogP contribution in [-0.2, 0) is 9.84 Å². The van der Waals surface area contributed by atoms with Gasteiger partial charge in [0.05, 0.1) is 23.0 Å². The van der Waals surface area contributed by atoms with Crippen molar-refractivity contribution >= 4 is 9.84 Å². The number of hydrogen-bond acceptors (Lipinski definition) is 4. The highest BCUT2D eigenvalue weighted by atomic mass is 32.2. The molecule has 1 unspecified atom stereocenters. The Bertz CT molecular complexity index is 395. The van der Waals surface area contributed by atoms with E-state index in [4.69, 9.17) is 5.26 Å². The van der Waals surface area contributed by atoms with Gasteiger partial charge in [0.2, 0.25) is 0 Å². The summed E-state index contributed by atoms with van der Waals surface area (Å²) in [7, 11) is -2.85. The van der Waals surface area contributed by atoms with E-state index >= 15 is 0 Å². The van der Waals surface area contributed by atoms with Gasteiger partial charge in [-0.25, -0.2) is 8.42 Å². The molecular formula is C11H20N2O2S. The van der Waals surface area contributed by atoms with Crippen molar-refractivity contribution < 1.29 is 8.42 Å². The van der Waals surface area contributed by atoms with E-state index in [9.17, 15) is 8.42 Å². The zero-order chi connectivity index (χ0) is 12.4.